The first-order valence-corrected chi connectivity index (χ1v) is 8.45. The van der Waals surface area contributed by atoms with Crippen LogP contribution in [0.4, 0.5) is 0 Å². The molecule has 0 bridgehead atoms. The first kappa shape index (κ1) is 17.1. The molecule has 0 atom stereocenters. The molecule has 1 amide bonds. The number of hydrogen-bond donors (Lipinski definition) is 2. The number of aryl methyl sites for hydroxylation is 1. The molecule has 1 aromatic carbocycles. The van der Waals surface area contributed by atoms with Crippen molar-refractivity contribution >= 4 is 16.9 Å². The van der Waals surface area contributed by atoms with Crippen LogP contribution in [0.1, 0.15) is 28.8 Å². The predicted octanol–water partition coefficient (Wildman–Crippen LogP) is 1.13. The van der Waals surface area contributed by atoms with Gasteiger partial charge in [0.2, 0.25) is 0 Å². The van der Waals surface area contributed by atoms with Crippen LogP contribution in [0.2, 0.25) is 0 Å². The number of carbonyl (C=O) groups excluding carboxylic acids is 1. The third-order valence-corrected chi connectivity index (χ3v) is 4.09. The van der Waals surface area contributed by atoms with Crippen LogP contribution in [0.15, 0.2) is 24.4 Å². The molecule has 2 aromatic heterocycles. The van der Waals surface area contributed by atoms with Crippen LogP contribution < -0.4 is 5.73 Å². The fraction of sp³-hybridized carbons (Fsp3) is 0.412. The molecular weight excluding hydrogens is 318 g/mol. The van der Waals surface area contributed by atoms with Gasteiger partial charge in [-0.1, -0.05) is 11.3 Å². The first-order chi connectivity index (χ1) is 12.1. The predicted molar refractivity (Wildman–Crippen MR) is 95.2 cm³/mol. The van der Waals surface area contributed by atoms with E-state index in [4.69, 9.17) is 5.73 Å². The van der Waals surface area contributed by atoms with Crippen molar-refractivity contribution in [3.63, 3.8) is 0 Å². The highest BCUT2D eigenvalue weighted by Crippen LogP contribution is 2.14. The molecule has 0 aliphatic carbocycles. The second kappa shape index (κ2) is 7.43. The van der Waals surface area contributed by atoms with Crippen molar-refractivity contribution in [2.45, 2.75) is 26.8 Å². The van der Waals surface area contributed by atoms with E-state index in [0.29, 0.717) is 38.3 Å². The van der Waals surface area contributed by atoms with Crippen LogP contribution in [0.3, 0.4) is 0 Å². The molecule has 0 saturated heterocycles. The second-order valence-corrected chi connectivity index (χ2v) is 5.99. The topological polar surface area (TPSA) is 106 Å². The molecule has 132 valence electrons. The summed E-state index contributed by atoms with van der Waals surface area (Å²) in [6.45, 7) is 6.17. The van der Waals surface area contributed by atoms with E-state index in [-0.39, 0.29) is 5.91 Å². The normalized spacial score (nSPS) is 11.2. The smallest absolute Gasteiger partial charge is 0.276 e. The lowest BCUT2D eigenvalue weighted by Gasteiger charge is -2.18. The Balaban J connectivity index is 1.67. The molecule has 3 N–H and O–H groups in total. The van der Waals surface area contributed by atoms with Crippen molar-refractivity contribution in [1.82, 2.24) is 29.9 Å². The summed E-state index contributed by atoms with van der Waals surface area (Å²) >= 11 is 0. The zero-order valence-corrected chi connectivity index (χ0v) is 14.6. The molecule has 0 aliphatic heterocycles. The standard InChI is InChI=1S/C17H23N7O/c1-3-23(17(25)15-11-24(9-7-18)22-21-15)8-6-16-19-13-5-4-12(2)10-14(13)20-16/h4-5,10-11H,3,6-9,18H2,1-2H3,(H,19,20). The Labute approximate surface area is 146 Å². The van der Waals surface area contributed by atoms with Crippen molar-refractivity contribution < 1.29 is 4.79 Å². The number of fused-ring (bicyclic) bond motifs is 1. The highest BCUT2D eigenvalue weighted by molar-refractivity contribution is 5.91. The van der Waals surface area contributed by atoms with Crippen LogP contribution in [0.25, 0.3) is 11.0 Å². The Kier molecular flexibility index (Phi) is 5.08. The highest BCUT2D eigenvalue weighted by Gasteiger charge is 2.18. The van der Waals surface area contributed by atoms with E-state index in [9.17, 15) is 4.79 Å². The van der Waals surface area contributed by atoms with Gasteiger partial charge in [0, 0.05) is 26.1 Å². The lowest BCUT2D eigenvalue weighted by atomic mass is 10.2. The molecule has 3 aromatic rings. The van der Waals surface area contributed by atoms with Gasteiger partial charge in [0.25, 0.3) is 5.91 Å². The van der Waals surface area contributed by atoms with Crippen molar-refractivity contribution in [3.05, 3.63) is 41.5 Å². The minimum atomic E-state index is -0.127. The molecule has 25 heavy (non-hydrogen) atoms. The average molecular weight is 341 g/mol. The van der Waals surface area contributed by atoms with E-state index in [1.165, 1.54) is 5.56 Å². The van der Waals surface area contributed by atoms with Gasteiger partial charge in [0.15, 0.2) is 5.69 Å². The molecular formula is C17H23N7O. The Bertz CT molecular complexity index is 867. The maximum Gasteiger partial charge on any atom is 0.276 e. The summed E-state index contributed by atoms with van der Waals surface area (Å²) in [5, 5.41) is 7.87. The second-order valence-electron chi connectivity index (χ2n) is 5.99. The summed E-state index contributed by atoms with van der Waals surface area (Å²) in [6.07, 6.45) is 2.30. The van der Waals surface area contributed by atoms with Crippen molar-refractivity contribution in [2.75, 3.05) is 19.6 Å². The number of amides is 1. The summed E-state index contributed by atoms with van der Waals surface area (Å²) < 4.78 is 1.59. The van der Waals surface area contributed by atoms with E-state index in [2.05, 4.69) is 33.3 Å². The van der Waals surface area contributed by atoms with Crippen molar-refractivity contribution in [2.24, 2.45) is 5.73 Å². The third kappa shape index (κ3) is 3.85. The van der Waals surface area contributed by atoms with E-state index < -0.39 is 0 Å². The van der Waals surface area contributed by atoms with Crippen molar-refractivity contribution in [1.29, 1.82) is 0 Å². The largest absolute Gasteiger partial charge is 0.342 e. The molecule has 0 saturated carbocycles. The third-order valence-electron chi connectivity index (χ3n) is 4.09. The van der Waals surface area contributed by atoms with E-state index >= 15 is 0 Å². The first-order valence-electron chi connectivity index (χ1n) is 8.45. The number of rotatable bonds is 7. The van der Waals surface area contributed by atoms with Gasteiger partial charge >= 0.3 is 0 Å². The molecule has 0 unspecified atom stereocenters. The number of benzene rings is 1. The SMILES string of the molecule is CCN(CCc1nc2ccc(C)cc2[nH]1)C(=O)c1cn(CCN)nn1. The number of nitrogens with zero attached hydrogens (tertiary/aromatic N) is 5. The molecule has 8 nitrogen and oxygen atoms in total. The minimum absolute atomic E-state index is 0.127. The summed E-state index contributed by atoms with van der Waals surface area (Å²) in [4.78, 5) is 22.2. The number of aromatic amines is 1. The number of hydrogen-bond acceptors (Lipinski definition) is 5. The Morgan fingerprint density at radius 3 is 3.00 bits per heavy atom. The van der Waals surface area contributed by atoms with E-state index in [1.54, 1.807) is 15.8 Å². The summed E-state index contributed by atoms with van der Waals surface area (Å²) in [6, 6.07) is 6.12. The minimum Gasteiger partial charge on any atom is -0.342 e. The molecule has 0 radical (unpaired) electrons. The highest BCUT2D eigenvalue weighted by atomic mass is 16.2. The molecule has 0 fully saturated rings. The molecule has 2 heterocycles. The van der Waals surface area contributed by atoms with Crippen LogP contribution in [-0.2, 0) is 13.0 Å². The molecule has 0 spiro atoms. The summed E-state index contributed by atoms with van der Waals surface area (Å²) in [5.74, 6) is 0.747. The van der Waals surface area contributed by atoms with Crippen LogP contribution in [-0.4, -0.2) is 55.4 Å². The number of likely N-dealkylation sites (N-methyl/N-ethyl adjacent to an activating group) is 1. The van der Waals surface area contributed by atoms with Gasteiger partial charge < -0.3 is 15.6 Å². The van der Waals surface area contributed by atoms with Crippen molar-refractivity contribution in [3.8, 4) is 0 Å². The fourth-order valence-electron chi connectivity index (χ4n) is 2.74. The van der Waals surface area contributed by atoms with Gasteiger partial charge in [-0.3, -0.25) is 9.48 Å². The number of nitrogens with two attached hydrogens (primary N) is 1. The number of imidazole rings is 1. The maximum absolute atomic E-state index is 12.6. The maximum atomic E-state index is 12.6. The van der Waals surface area contributed by atoms with Gasteiger partial charge in [0.1, 0.15) is 5.82 Å². The van der Waals surface area contributed by atoms with Gasteiger partial charge in [-0.25, -0.2) is 4.98 Å². The summed E-state index contributed by atoms with van der Waals surface area (Å²) in [5.41, 5.74) is 8.99. The quantitative estimate of drug-likeness (QED) is 0.670. The summed E-state index contributed by atoms with van der Waals surface area (Å²) in [7, 11) is 0. The van der Waals surface area contributed by atoms with Crippen LogP contribution >= 0.6 is 0 Å². The van der Waals surface area contributed by atoms with E-state index in [1.807, 2.05) is 19.1 Å². The zero-order chi connectivity index (χ0) is 17.8. The number of carbonyl (C=O) groups is 1. The van der Waals surface area contributed by atoms with Gasteiger partial charge in [0.05, 0.1) is 23.8 Å². The lowest BCUT2D eigenvalue weighted by molar-refractivity contribution is 0.0759. The van der Waals surface area contributed by atoms with E-state index in [0.717, 1.165) is 16.9 Å². The van der Waals surface area contributed by atoms with Gasteiger partial charge in [-0.05, 0) is 31.5 Å². The molecule has 0 aliphatic rings. The molecule has 3 rings (SSSR count). The number of H-pyrrole nitrogens is 1. The average Bonchev–Trinajstić information content (AvgIpc) is 3.21. The fourth-order valence-corrected chi connectivity index (χ4v) is 2.74. The van der Waals surface area contributed by atoms with Crippen LogP contribution in [0, 0.1) is 6.92 Å². The number of nitrogens with one attached hydrogen (secondary N) is 1. The Hall–Kier alpha value is -2.74. The van der Waals surface area contributed by atoms with Crippen LogP contribution in [0.5, 0.6) is 0 Å². The molecule has 8 heteroatoms. The zero-order valence-electron chi connectivity index (χ0n) is 14.6. The van der Waals surface area contributed by atoms with Gasteiger partial charge in [-0.15, -0.1) is 5.10 Å². The lowest BCUT2D eigenvalue weighted by Crippen LogP contribution is -2.33. The monoisotopic (exact) mass is 341 g/mol. The Morgan fingerprint density at radius 2 is 2.24 bits per heavy atom. The number of aromatic nitrogens is 5. The Morgan fingerprint density at radius 1 is 1.40 bits per heavy atom. The van der Waals surface area contributed by atoms with Gasteiger partial charge in [-0.2, -0.15) is 0 Å².